The predicted octanol–water partition coefficient (Wildman–Crippen LogP) is 4.92. The van der Waals surface area contributed by atoms with Crippen molar-refractivity contribution in [3.8, 4) is 11.1 Å². The van der Waals surface area contributed by atoms with E-state index in [2.05, 4.69) is 59.9 Å². The van der Waals surface area contributed by atoms with Crippen LogP contribution < -0.4 is 0 Å². The van der Waals surface area contributed by atoms with Gasteiger partial charge in [-0.1, -0.05) is 66.5 Å². The van der Waals surface area contributed by atoms with Crippen molar-refractivity contribution >= 4 is 6.21 Å². The minimum Gasteiger partial charge on any atom is -0.391 e. The largest absolute Gasteiger partial charge is 0.391 e. The molecule has 0 amide bonds. The van der Waals surface area contributed by atoms with E-state index in [9.17, 15) is 0 Å². The molecule has 21 heavy (non-hydrogen) atoms. The zero-order chi connectivity index (χ0) is 14.3. The zero-order valence-corrected chi connectivity index (χ0v) is 12.2. The second-order valence-corrected chi connectivity index (χ2v) is 5.54. The quantitative estimate of drug-likeness (QED) is 0.561. The lowest BCUT2D eigenvalue weighted by molar-refractivity contribution is 0.130. The smallest absolute Gasteiger partial charge is 0.142 e. The molecule has 2 heteroatoms. The third kappa shape index (κ3) is 3.94. The molecule has 0 spiro atoms. The Hall–Kier alpha value is -2.09. The Balaban J connectivity index is 1.58. The van der Waals surface area contributed by atoms with Gasteiger partial charge in [0.05, 0.1) is 0 Å². The number of hydrogen-bond acceptors (Lipinski definition) is 2. The summed E-state index contributed by atoms with van der Waals surface area (Å²) in [5.74, 6) is 0.501. The van der Waals surface area contributed by atoms with Crippen molar-refractivity contribution in [2.45, 2.75) is 32.3 Å². The Kier molecular flexibility index (Phi) is 4.67. The Morgan fingerprint density at radius 1 is 0.952 bits per heavy atom. The summed E-state index contributed by atoms with van der Waals surface area (Å²) < 4.78 is 0. The summed E-state index contributed by atoms with van der Waals surface area (Å²) in [4.78, 5) is 5.39. The number of rotatable bonds is 5. The maximum atomic E-state index is 5.39. The van der Waals surface area contributed by atoms with Gasteiger partial charge in [0, 0.05) is 5.92 Å². The Bertz CT molecular complexity index is 586. The van der Waals surface area contributed by atoms with E-state index in [1.165, 1.54) is 36.8 Å². The van der Waals surface area contributed by atoms with E-state index < -0.39 is 0 Å². The van der Waals surface area contributed by atoms with Gasteiger partial charge in [-0.25, -0.2) is 0 Å². The van der Waals surface area contributed by atoms with Gasteiger partial charge in [0.25, 0.3) is 0 Å². The number of hydrogen-bond donors (Lipinski definition) is 0. The SMILES string of the molecule is [C](=N/OCc1cccc(-c2ccccc2)c1)/C1CCCC1. The maximum absolute atomic E-state index is 5.39. The van der Waals surface area contributed by atoms with E-state index in [-0.39, 0.29) is 0 Å². The van der Waals surface area contributed by atoms with Crippen molar-refractivity contribution < 1.29 is 4.84 Å². The molecule has 0 saturated heterocycles. The summed E-state index contributed by atoms with van der Waals surface area (Å²) in [5.41, 5.74) is 3.56. The zero-order valence-electron chi connectivity index (χ0n) is 12.2. The third-order valence-electron chi connectivity index (χ3n) is 3.92. The molecule has 2 nitrogen and oxygen atoms in total. The topological polar surface area (TPSA) is 21.6 Å². The molecule has 1 aliphatic rings. The van der Waals surface area contributed by atoms with Crippen LogP contribution in [0.15, 0.2) is 59.8 Å². The van der Waals surface area contributed by atoms with Crippen LogP contribution in [0.2, 0.25) is 0 Å². The molecule has 0 heterocycles. The van der Waals surface area contributed by atoms with Crippen molar-refractivity contribution in [2.75, 3.05) is 0 Å². The van der Waals surface area contributed by atoms with Crippen molar-refractivity contribution in [1.29, 1.82) is 0 Å². The molecule has 0 bridgehead atoms. The molecule has 1 saturated carbocycles. The summed E-state index contributed by atoms with van der Waals surface area (Å²) in [5, 5.41) is 4.00. The maximum Gasteiger partial charge on any atom is 0.142 e. The van der Waals surface area contributed by atoms with Gasteiger partial charge >= 0.3 is 0 Å². The van der Waals surface area contributed by atoms with Crippen LogP contribution in [0.1, 0.15) is 31.2 Å². The first kappa shape index (κ1) is 13.9. The first-order valence-electron chi connectivity index (χ1n) is 7.64. The first-order chi connectivity index (χ1) is 10.4. The van der Waals surface area contributed by atoms with E-state index in [0.29, 0.717) is 12.5 Å². The average molecular weight is 278 g/mol. The molecular formula is C19H20NO. The Morgan fingerprint density at radius 2 is 1.71 bits per heavy atom. The lowest BCUT2D eigenvalue weighted by Crippen LogP contribution is -1.95. The van der Waals surface area contributed by atoms with Crippen molar-refractivity contribution in [3.05, 3.63) is 60.2 Å². The molecule has 2 aromatic carbocycles. The summed E-state index contributed by atoms with van der Waals surface area (Å²) in [6.45, 7) is 0.500. The molecule has 0 N–H and O–H groups in total. The molecule has 1 fully saturated rings. The summed E-state index contributed by atoms with van der Waals surface area (Å²) in [7, 11) is 0. The fraction of sp³-hybridized carbons (Fsp3) is 0.316. The molecule has 1 aliphatic carbocycles. The van der Waals surface area contributed by atoms with Crippen LogP contribution in [-0.2, 0) is 11.4 Å². The second-order valence-electron chi connectivity index (χ2n) is 5.54. The lowest BCUT2D eigenvalue weighted by Gasteiger charge is -2.05. The predicted molar refractivity (Wildman–Crippen MR) is 86.1 cm³/mol. The van der Waals surface area contributed by atoms with Crippen LogP contribution in [-0.4, -0.2) is 6.21 Å². The number of nitrogens with zero attached hydrogens (tertiary/aromatic N) is 1. The minimum absolute atomic E-state index is 0.500. The van der Waals surface area contributed by atoms with Gasteiger partial charge in [0.1, 0.15) is 12.8 Å². The molecule has 2 aromatic rings. The second kappa shape index (κ2) is 7.07. The highest BCUT2D eigenvalue weighted by molar-refractivity contribution is 5.64. The van der Waals surface area contributed by atoms with E-state index >= 15 is 0 Å². The number of benzene rings is 2. The van der Waals surface area contributed by atoms with E-state index in [0.717, 1.165) is 5.56 Å². The Labute approximate surface area is 126 Å². The normalized spacial score (nSPS) is 15.6. The fourth-order valence-corrected chi connectivity index (χ4v) is 2.74. The molecule has 0 unspecified atom stereocenters. The van der Waals surface area contributed by atoms with Crippen LogP contribution in [0.3, 0.4) is 0 Å². The van der Waals surface area contributed by atoms with Gasteiger partial charge < -0.3 is 4.84 Å². The van der Waals surface area contributed by atoms with Gasteiger partial charge in [0.15, 0.2) is 0 Å². The van der Waals surface area contributed by atoms with E-state index in [4.69, 9.17) is 4.84 Å². The van der Waals surface area contributed by atoms with Crippen molar-refractivity contribution in [1.82, 2.24) is 0 Å². The molecule has 1 radical (unpaired) electrons. The monoisotopic (exact) mass is 278 g/mol. The van der Waals surface area contributed by atoms with Gasteiger partial charge in [-0.2, -0.15) is 0 Å². The molecular weight excluding hydrogens is 258 g/mol. The highest BCUT2D eigenvalue weighted by atomic mass is 16.6. The van der Waals surface area contributed by atoms with Crippen LogP contribution in [0.4, 0.5) is 0 Å². The highest BCUT2D eigenvalue weighted by Crippen LogP contribution is 2.23. The van der Waals surface area contributed by atoms with Crippen LogP contribution in [0, 0.1) is 5.92 Å². The van der Waals surface area contributed by atoms with Gasteiger partial charge in [-0.3, -0.25) is 0 Å². The standard InChI is InChI=1S/C19H20NO/c1-2-10-18(11-3-1)19-12-6-9-17(13-19)15-21-20-14-16-7-4-5-8-16/h1-3,6,9-13,16H,4-5,7-8,15H2. The Morgan fingerprint density at radius 3 is 2.52 bits per heavy atom. The van der Waals surface area contributed by atoms with Crippen LogP contribution >= 0.6 is 0 Å². The molecule has 0 aliphatic heterocycles. The first-order valence-corrected chi connectivity index (χ1v) is 7.64. The molecule has 0 aromatic heterocycles. The summed E-state index contributed by atoms with van der Waals surface area (Å²) in [6.07, 6.45) is 8.11. The van der Waals surface area contributed by atoms with Gasteiger partial charge in [-0.05, 0) is 35.6 Å². The van der Waals surface area contributed by atoms with Gasteiger partial charge in [0.2, 0.25) is 0 Å². The summed E-state index contributed by atoms with van der Waals surface area (Å²) >= 11 is 0. The van der Waals surface area contributed by atoms with Crippen LogP contribution in [0.5, 0.6) is 0 Å². The highest BCUT2D eigenvalue weighted by Gasteiger charge is 2.13. The summed E-state index contributed by atoms with van der Waals surface area (Å²) in [6, 6.07) is 18.8. The van der Waals surface area contributed by atoms with E-state index in [1.807, 2.05) is 6.07 Å². The molecule has 0 atom stereocenters. The van der Waals surface area contributed by atoms with Crippen molar-refractivity contribution in [3.63, 3.8) is 0 Å². The lowest BCUT2D eigenvalue weighted by atomic mass is 10.0. The van der Waals surface area contributed by atoms with E-state index in [1.54, 1.807) is 0 Å². The molecule has 3 rings (SSSR count). The molecule has 107 valence electrons. The van der Waals surface area contributed by atoms with Crippen LogP contribution in [0.25, 0.3) is 11.1 Å². The van der Waals surface area contributed by atoms with Crippen molar-refractivity contribution in [2.24, 2.45) is 11.1 Å². The third-order valence-corrected chi connectivity index (χ3v) is 3.92. The fourth-order valence-electron chi connectivity index (χ4n) is 2.74. The average Bonchev–Trinajstić information content (AvgIpc) is 3.06. The minimum atomic E-state index is 0.500. The van der Waals surface area contributed by atoms with Gasteiger partial charge in [-0.15, -0.1) is 0 Å².